The van der Waals surface area contributed by atoms with Crippen LogP contribution in [0.15, 0.2) is 42.6 Å². The molecular formula is C20H18F5NO4. The number of nitrogens with zero attached hydrogens (tertiary/aromatic N) is 1. The van der Waals surface area contributed by atoms with Gasteiger partial charge in [0.15, 0.2) is 6.61 Å². The molecule has 0 radical (unpaired) electrons. The van der Waals surface area contributed by atoms with Gasteiger partial charge in [-0.15, -0.1) is 0 Å². The van der Waals surface area contributed by atoms with Crippen molar-refractivity contribution in [1.82, 2.24) is 4.98 Å². The molecule has 2 aromatic rings. The van der Waals surface area contributed by atoms with Gasteiger partial charge in [0.2, 0.25) is 5.78 Å². The Kier molecular flexibility index (Phi) is 7.12. The lowest BCUT2D eigenvalue weighted by Gasteiger charge is -2.18. The predicted molar refractivity (Wildman–Crippen MR) is 95.5 cm³/mol. The third-order valence-corrected chi connectivity index (χ3v) is 4.18. The van der Waals surface area contributed by atoms with Crippen LogP contribution in [-0.2, 0) is 15.5 Å². The topological polar surface area (TPSA) is 65.5 Å². The molecule has 1 atom stereocenters. The Morgan fingerprint density at radius 1 is 1.03 bits per heavy atom. The maximum Gasteiger partial charge on any atom is 0.422 e. The zero-order valence-corrected chi connectivity index (χ0v) is 16.0. The molecule has 0 fully saturated rings. The van der Waals surface area contributed by atoms with E-state index in [4.69, 9.17) is 0 Å². The molecule has 0 amide bonds. The van der Waals surface area contributed by atoms with Gasteiger partial charge < -0.3 is 9.47 Å². The maximum atomic E-state index is 14.5. The number of methoxy groups -OCH3 is 1. The van der Waals surface area contributed by atoms with E-state index in [0.29, 0.717) is 0 Å². The van der Waals surface area contributed by atoms with E-state index in [1.165, 1.54) is 19.1 Å². The van der Waals surface area contributed by atoms with Crippen molar-refractivity contribution in [2.24, 2.45) is 0 Å². The summed E-state index contributed by atoms with van der Waals surface area (Å²) < 4.78 is 74.5. The first kappa shape index (κ1) is 23.2. The molecule has 0 N–H and O–H groups in total. The van der Waals surface area contributed by atoms with Crippen molar-refractivity contribution in [2.45, 2.75) is 31.4 Å². The highest BCUT2D eigenvalue weighted by molar-refractivity contribution is 5.90. The Bertz CT molecular complexity index is 880. The lowest BCUT2D eigenvalue weighted by molar-refractivity contribution is -0.153. The fraction of sp³-hybridized carbons (Fsp3) is 0.350. The number of carbonyl (C=O) groups excluding carboxylic acids is 2. The second-order valence-electron chi connectivity index (χ2n) is 6.49. The fourth-order valence-corrected chi connectivity index (χ4v) is 2.54. The van der Waals surface area contributed by atoms with Crippen LogP contribution in [0.1, 0.15) is 40.9 Å². The number of halogens is 5. The molecule has 0 aliphatic rings. The van der Waals surface area contributed by atoms with Crippen LogP contribution in [0.25, 0.3) is 0 Å². The van der Waals surface area contributed by atoms with Crippen molar-refractivity contribution in [3.05, 3.63) is 59.4 Å². The highest BCUT2D eigenvalue weighted by atomic mass is 19.4. The van der Waals surface area contributed by atoms with E-state index >= 15 is 0 Å². The first-order chi connectivity index (χ1) is 13.9. The number of carbonyl (C=O) groups is 2. The monoisotopic (exact) mass is 431 g/mol. The fourth-order valence-electron chi connectivity index (χ4n) is 2.54. The molecule has 0 saturated heterocycles. The number of pyridine rings is 1. The molecule has 162 valence electrons. The zero-order valence-electron chi connectivity index (χ0n) is 16.0. The molecule has 0 aliphatic carbocycles. The number of ether oxygens (including phenoxy) is 2. The molecule has 1 heterocycles. The van der Waals surface area contributed by atoms with Gasteiger partial charge in [0, 0.05) is 23.6 Å². The first-order valence-electron chi connectivity index (χ1n) is 8.69. The summed E-state index contributed by atoms with van der Waals surface area (Å²) in [6, 6.07) is 6.74. The van der Waals surface area contributed by atoms with E-state index in [1.54, 1.807) is 0 Å². The maximum absolute atomic E-state index is 14.5. The Morgan fingerprint density at radius 2 is 1.67 bits per heavy atom. The standard InChI is InChI=1S/C20H18F5NO4/c1-12(16-8-7-15(10-26-16)30-11-19(21,22)23)9-17(27)20(24,25)14-5-3-13(4-6-14)18(28)29-2/h3-8,10,12H,9,11H2,1-2H3/t12-/m0/s1. The molecule has 10 heteroatoms. The summed E-state index contributed by atoms with van der Waals surface area (Å²) in [4.78, 5) is 27.4. The zero-order chi connectivity index (χ0) is 22.5. The van der Waals surface area contributed by atoms with Crippen LogP contribution in [0.2, 0.25) is 0 Å². The van der Waals surface area contributed by atoms with Crippen LogP contribution in [0.3, 0.4) is 0 Å². The van der Waals surface area contributed by atoms with Crippen LogP contribution in [0.4, 0.5) is 22.0 Å². The van der Waals surface area contributed by atoms with Crippen LogP contribution >= 0.6 is 0 Å². The number of alkyl halides is 5. The quantitative estimate of drug-likeness (QED) is 0.449. The molecule has 0 spiro atoms. The third kappa shape index (κ3) is 5.98. The smallest absolute Gasteiger partial charge is 0.422 e. The average molecular weight is 431 g/mol. The number of ketones is 1. The first-order valence-corrected chi connectivity index (χ1v) is 8.69. The van der Waals surface area contributed by atoms with Crippen molar-refractivity contribution in [1.29, 1.82) is 0 Å². The SMILES string of the molecule is COC(=O)c1ccc(C(F)(F)C(=O)C[C@H](C)c2ccc(OCC(F)(F)F)cn2)cc1. The van der Waals surface area contributed by atoms with Gasteiger partial charge in [0.1, 0.15) is 5.75 Å². The minimum absolute atomic E-state index is 0.0647. The molecule has 0 aliphatic heterocycles. The average Bonchev–Trinajstić information content (AvgIpc) is 2.71. The van der Waals surface area contributed by atoms with E-state index in [9.17, 15) is 31.5 Å². The second kappa shape index (κ2) is 9.19. The molecule has 1 aromatic heterocycles. The summed E-state index contributed by atoms with van der Waals surface area (Å²) in [7, 11) is 1.15. The predicted octanol–water partition coefficient (Wildman–Crippen LogP) is 4.66. The second-order valence-corrected chi connectivity index (χ2v) is 6.49. The molecular weight excluding hydrogens is 413 g/mol. The van der Waals surface area contributed by atoms with Crippen molar-refractivity contribution < 1.29 is 41.0 Å². The Balaban J connectivity index is 2.04. The summed E-state index contributed by atoms with van der Waals surface area (Å²) in [5, 5.41) is 0. The van der Waals surface area contributed by atoms with Gasteiger partial charge in [0.25, 0.3) is 0 Å². The Hall–Kier alpha value is -3.04. The van der Waals surface area contributed by atoms with Gasteiger partial charge in [-0.1, -0.05) is 19.1 Å². The molecule has 2 rings (SSSR count). The molecule has 5 nitrogen and oxygen atoms in total. The van der Waals surface area contributed by atoms with Crippen LogP contribution in [0, 0.1) is 0 Å². The number of benzene rings is 1. The van der Waals surface area contributed by atoms with Crippen molar-refractivity contribution >= 4 is 11.8 Å². The number of esters is 1. The summed E-state index contributed by atoms with van der Waals surface area (Å²) in [5.41, 5.74) is -0.259. The summed E-state index contributed by atoms with van der Waals surface area (Å²) in [6.07, 6.45) is -4.02. The van der Waals surface area contributed by atoms with Crippen molar-refractivity contribution in [2.75, 3.05) is 13.7 Å². The molecule has 0 bridgehead atoms. The normalized spacial score (nSPS) is 12.9. The lowest BCUT2D eigenvalue weighted by Crippen LogP contribution is -2.27. The summed E-state index contributed by atoms with van der Waals surface area (Å²) >= 11 is 0. The van der Waals surface area contributed by atoms with E-state index in [2.05, 4.69) is 14.5 Å². The highest BCUT2D eigenvalue weighted by Gasteiger charge is 2.41. The van der Waals surface area contributed by atoms with Gasteiger partial charge in [-0.25, -0.2) is 4.79 Å². The van der Waals surface area contributed by atoms with E-state index in [0.717, 1.165) is 37.6 Å². The van der Waals surface area contributed by atoms with Gasteiger partial charge in [0.05, 0.1) is 18.9 Å². The van der Waals surface area contributed by atoms with Crippen molar-refractivity contribution in [3.63, 3.8) is 0 Å². The molecule has 1 aromatic carbocycles. The minimum Gasteiger partial charge on any atom is -0.483 e. The van der Waals surface area contributed by atoms with Crippen LogP contribution < -0.4 is 4.74 Å². The number of hydrogen-bond acceptors (Lipinski definition) is 5. The highest BCUT2D eigenvalue weighted by Crippen LogP contribution is 2.33. The molecule has 30 heavy (non-hydrogen) atoms. The Labute approximate surface area is 168 Å². The minimum atomic E-state index is -4.50. The number of rotatable bonds is 8. The van der Waals surface area contributed by atoms with E-state index < -0.39 is 48.4 Å². The van der Waals surface area contributed by atoms with Crippen molar-refractivity contribution in [3.8, 4) is 5.75 Å². The largest absolute Gasteiger partial charge is 0.483 e. The number of hydrogen-bond donors (Lipinski definition) is 0. The number of aromatic nitrogens is 1. The van der Waals surface area contributed by atoms with Crippen LogP contribution in [-0.4, -0.2) is 36.6 Å². The third-order valence-electron chi connectivity index (χ3n) is 4.18. The lowest BCUT2D eigenvalue weighted by atomic mass is 9.94. The van der Waals surface area contributed by atoms with Gasteiger partial charge in [-0.05, 0) is 24.3 Å². The van der Waals surface area contributed by atoms with Crippen LogP contribution in [0.5, 0.6) is 5.75 Å². The molecule has 0 saturated carbocycles. The molecule has 0 unspecified atom stereocenters. The van der Waals surface area contributed by atoms with Gasteiger partial charge >= 0.3 is 18.1 Å². The summed E-state index contributed by atoms with van der Waals surface area (Å²) in [6.45, 7) is 0.00989. The van der Waals surface area contributed by atoms with Gasteiger partial charge in [-0.3, -0.25) is 9.78 Å². The number of Topliss-reactive ketones (excluding diaryl/α,β-unsaturated/α-hetero) is 1. The van der Waals surface area contributed by atoms with Gasteiger partial charge in [-0.2, -0.15) is 22.0 Å². The van der Waals surface area contributed by atoms with E-state index in [-0.39, 0.29) is 17.0 Å². The Morgan fingerprint density at radius 3 is 2.17 bits per heavy atom. The summed E-state index contributed by atoms with van der Waals surface area (Å²) in [5.74, 6) is -6.70. The van der Waals surface area contributed by atoms with E-state index in [1.807, 2.05) is 0 Å².